The number of hydrogen-bond donors (Lipinski definition) is 1. The highest BCUT2D eigenvalue weighted by Gasteiger charge is 2.22. The lowest BCUT2D eigenvalue weighted by atomic mass is 10.2. The van der Waals surface area contributed by atoms with E-state index in [0.717, 1.165) is 5.56 Å². The van der Waals surface area contributed by atoms with E-state index < -0.39 is 0 Å². The van der Waals surface area contributed by atoms with Crippen LogP contribution in [0.25, 0.3) is 0 Å². The van der Waals surface area contributed by atoms with Gasteiger partial charge in [-0.1, -0.05) is 30.3 Å². The summed E-state index contributed by atoms with van der Waals surface area (Å²) in [7, 11) is 0. The van der Waals surface area contributed by atoms with E-state index in [1.165, 1.54) is 10.8 Å². The molecule has 0 saturated carbocycles. The molecule has 3 rings (SSSR count). The number of imidazole rings is 1. The Morgan fingerprint density at radius 2 is 1.90 bits per heavy atom. The van der Waals surface area contributed by atoms with Gasteiger partial charge in [0.1, 0.15) is 5.69 Å². The van der Waals surface area contributed by atoms with E-state index in [1.54, 1.807) is 4.90 Å². The Kier molecular flexibility index (Phi) is 3.87. The Morgan fingerprint density at radius 3 is 2.62 bits per heavy atom. The van der Waals surface area contributed by atoms with Gasteiger partial charge in [-0.25, -0.2) is 4.79 Å². The molecule has 6 nitrogen and oxygen atoms in total. The van der Waals surface area contributed by atoms with Gasteiger partial charge >= 0.3 is 5.69 Å². The Morgan fingerprint density at radius 1 is 1.19 bits per heavy atom. The third-order valence-electron chi connectivity index (χ3n) is 3.57. The number of H-pyrrole nitrogens is 1. The maximum absolute atomic E-state index is 12.5. The first-order chi connectivity index (χ1) is 10.3. The molecule has 0 atom stereocenters. The van der Waals surface area contributed by atoms with Gasteiger partial charge in [-0.15, -0.1) is 0 Å². The molecular formula is C15H17N3O3. The van der Waals surface area contributed by atoms with E-state index in [4.69, 9.17) is 4.74 Å². The van der Waals surface area contributed by atoms with Crippen molar-refractivity contribution in [2.75, 3.05) is 26.3 Å². The molecule has 21 heavy (non-hydrogen) atoms. The summed E-state index contributed by atoms with van der Waals surface area (Å²) in [6.07, 6.45) is 1.49. The van der Waals surface area contributed by atoms with Gasteiger partial charge in [0.25, 0.3) is 5.91 Å². The van der Waals surface area contributed by atoms with Crippen LogP contribution in [0, 0.1) is 0 Å². The monoisotopic (exact) mass is 287 g/mol. The molecule has 2 heterocycles. The second kappa shape index (κ2) is 5.97. The van der Waals surface area contributed by atoms with Gasteiger partial charge in [-0.05, 0) is 5.56 Å². The summed E-state index contributed by atoms with van der Waals surface area (Å²) in [6.45, 7) is 2.58. The van der Waals surface area contributed by atoms with Crippen LogP contribution >= 0.6 is 0 Å². The Bertz CT molecular complexity index is 669. The summed E-state index contributed by atoms with van der Waals surface area (Å²) >= 11 is 0. The number of nitrogens with one attached hydrogen (secondary N) is 1. The van der Waals surface area contributed by atoms with Gasteiger partial charge in [0.15, 0.2) is 0 Å². The van der Waals surface area contributed by atoms with E-state index in [1.807, 2.05) is 30.3 Å². The second-order valence-electron chi connectivity index (χ2n) is 4.96. The largest absolute Gasteiger partial charge is 0.378 e. The zero-order valence-electron chi connectivity index (χ0n) is 11.6. The van der Waals surface area contributed by atoms with Crippen LogP contribution in [0.4, 0.5) is 0 Å². The first kappa shape index (κ1) is 13.6. The molecule has 0 bridgehead atoms. The molecule has 1 saturated heterocycles. The number of benzene rings is 1. The number of aromatic nitrogens is 2. The maximum Gasteiger partial charge on any atom is 0.326 e. The minimum absolute atomic E-state index is 0.132. The van der Waals surface area contributed by atoms with Gasteiger partial charge in [0, 0.05) is 19.3 Å². The second-order valence-corrected chi connectivity index (χ2v) is 4.96. The number of hydrogen-bond acceptors (Lipinski definition) is 3. The fourth-order valence-corrected chi connectivity index (χ4v) is 2.42. The van der Waals surface area contributed by atoms with Gasteiger partial charge < -0.3 is 14.6 Å². The number of ether oxygens (including phenoxy) is 1. The van der Waals surface area contributed by atoms with E-state index in [-0.39, 0.29) is 11.6 Å². The predicted octanol–water partition coefficient (Wildman–Crippen LogP) is 0.697. The summed E-state index contributed by atoms with van der Waals surface area (Å²) in [5, 5.41) is 0. The van der Waals surface area contributed by atoms with Crippen LogP contribution in [-0.2, 0) is 11.3 Å². The first-order valence-electron chi connectivity index (χ1n) is 6.95. The van der Waals surface area contributed by atoms with Crippen molar-refractivity contribution in [3.05, 3.63) is 58.3 Å². The number of rotatable bonds is 3. The van der Waals surface area contributed by atoms with Gasteiger partial charge in [0.2, 0.25) is 0 Å². The van der Waals surface area contributed by atoms with Crippen molar-refractivity contribution in [3.8, 4) is 0 Å². The fourth-order valence-electron chi connectivity index (χ4n) is 2.42. The highest BCUT2D eigenvalue weighted by Crippen LogP contribution is 2.08. The minimum Gasteiger partial charge on any atom is -0.378 e. The molecule has 0 spiro atoms. The van der Waals surface area contributed by atoms with Crippen molar-refractivity contribution >= 4 is 5.91 Å². The van der Waals surface area contributed by atoms with E-state index in [2.05, 4.69) is 4.98 Å². The van der Waals surface area contributed by atoms with Crippen molar-refractivity contribution in [3.63, 3.8) is 0 Å². The van der Waals surface area contributed by atoms with Crippen LogP contribution in [0.5, 0.6) is 0 Å². The molecule has 1 aliphatic rings. The molecule has 0 unspecified atom stereocenters. The smallest absolute Gasteiger partial charge is 0.326 e. The number of carbonyl (C=O) groups is 1. The number of morpholine rings is 1. The van der Waals surface area contributed by atoms with Crippen molar-refractivity contribution in [2.45, 2.75) is 6.54 Å². The zero-order valence-corrected chi connectivity index (χ0v) is 11.6. The van der Waals surface area contributed by atoms with Crippen LogP contribution < -0.4 is 5.69 Å². The SMILES string of the molecule is O=C(c1c[nH]c(=O)n1Cc1ccccc1)N1CCOCC1. The molecule has 0 radical (unpaired) electrons. The fraction of sp³-hybridized carbons (Fsp3) is 0.333. The minimum atomic E-state index is -0.268. The normalized spacial score (nSPS) is 15.1. The number of aromatic amines is 1. The highest BCUT2D eigenvalue weighted by atomic mass is 16.5. The summed E-state index contributed by atoms with van der Waals surface area (Å²) in [6, 6.07) is 9.61. The third-order valence-corrected chi connectivity index (χ3v) is 3.57. The molecule has 6 heteroatoms. The molecule has 1 aromatic heterocycles. The standard InChI is InChI=1S/C15H17N3O3/c19-14(17-6-8-21-9-7-17)13-10-16-15(20)18(13)11-12-4-2-1-3-5-12/h1-5,10H,6-9,11H2,(H,16,20). The summed E-state index contributed by atoms with van der Waals surface area (Å²) in [5.74, 6) is -0.132. The van der Waals surface area contributed by atoms with Crippen LogP contribution in [0.1, 0.15) is 16.1 Å². The average molecular weight is 287 g/mol. The third kappa shape index (κ3) is 2.90. The highest BCUT2D eigenvalue weighted by molar-refractivity contribution is 5.92. The average Bonchev–Trinajstić information content (AvgIpc) is 2.90. The molecule has 110 valence electrons. The number of amides is 1. The Labute approximate surface area is 122 Å². The topological polar surface area (TPSA) is 67.3 Å². The zero-order chi connectivity index (χ0) is 14.7. The Balaban J connectivity index is 1.86. The van der Waals surface area contributed by atoms with Crippen LogP contribution in [0.3, 0.4) is 0 Å². The molecule has 1 fully saturated rings. The van der Waals surface area contributed by atoms with Crippen molar-refractivity contribution in [1.82, 2.24) is 14.5 Å². The van der Waals surface area contributed by atoms with E-state index in [9.17, 15) is 9.59 Å². The van der Waals surface area contributed by atoms with Crippen molar-refractivity contribution in [1.29, 1.82) is 0 Å². The van der Waals surface area contributed by atoms with Gasteiger partial charge in [-0.3, -0.25) is 9.36 Å². The van der Waals surface area contributed by atoms with Gasteiger partial charge in [-0.2, -0.15) is 0 Å². The molecule has 1 N–H and O–H groups in total. The molecule has 1 aliphatic heterocycles. The predicted molar refractivity (Wildman–Crippen MR) is 77.3 cm³/mol. The lowest BCUT2D eigenvalue weighted by Gasteiger charge is -2.26. The quantitative estimate of drug-likeness (QED) is 0.903. The molecular weight excluding hydrogens is 270 g/mol. The van der Waals surface area contributed by atoms with E-state index in [0.29, 0.717) is 38.5 Å². The summed E-state index contributed by atoms with van der Waals surface area (Å²) in [5.41, 5.74) is 1.11. The first-order valence-corrected chi connectivity index (χ1v) is 6.95. The van der Waals surface area contributed by atoms with Crippen molar-refractivity contribution < 1.29 is 9.53 Å². The van der Waals surface area contributed by atoms with Crippen LogP contribution in [0.2, 0.25) is 0 Å². The van der Waals surface area contributed by atoms with E-state index >= 15 is 0 Å². The maximum atomic E-state index is 12.5. The van der Waals surface area contributed by atoms with Crippen LogP contribution in [0.15, 0.2) is 41.3 Å². The van der Waals surface area contributed by atoms with Crippen LogP contribution in [-0.4, -0.2) is 46.7 Å². The molecule has 1 amide bonds. The summed E-state index contributed by atoms with van der Waals surface area (Å²) < 4.78 is 6.73. The van der Waals surface area contributed by atoms with Gasteiger partial charge in [0.05, 0.1) is 19.8 Å². The lowest BCUT2D eigenvalue weighted by molar-refractivity contribution is 0.0296. The number of carbonyl (C=O) groups excluding carboxylic acids is 1. The number of nitrogens with zero attached hydrogens (tertiary/aromatic N) is 2. The van der Waals surface area contributed by atoms with Crippen molar-refractivity contribution in [2.24, 2.45) is 0 Å². The molecule has 2 aromatic rings. The molecule has 0 aliphatic carbocycles. The Hall–Kier alpha value is -2.34. The summed E-state index contributed by atoms with van der Waals surface area (Å²) in [4.78, 5) is 28.8. The lowest BCUT2D eigenvalue weighted by Crippen LogP contribution is -2.42. The molecule has 1 aromatic carbocycles.